The number of halogens is 3. The minimum absolute atomic E-state index is 0.0137. The predicted molar refractivity (Wildman–Crippen MR) is 78.2 cm³/mol. The number of nitrogens with zero attached hydrogens (tertiary/aromatic N) is 2. The van der Waals surface area contributed by atoms with Crippen LogP contribution in [-0.2, 0) is 11.0 Å². The van der Waals surface area contributed by atoms with E-state index >= 15 is 0 Å². The van der Waals surface area contributed by atoms with Gasteiger partial charge in [-0.1, -0.05) is 11.3 Å². The Morgan fingerprint density at radius 1 is 1.35 bits per heavy atom. The second-order valence-corrected chi connectivity index (χ2v) is 5.86. The fraction of sp³-hybridized carbons (Fsp3) is 0.308. The monoisotopic (exact) mass is 344 g/mol. The average molecular weight is 344 g/mol. The number of imide groups is 1. The van der Waals surface area contributed by atoms with E-state index in [9.17, 15) is 22.8 Å². The van der Waals surface area contributed by atoms with Crippen LogP contribution in [0.1, 0.15) is 5.56 Å². The second-order valence-electron chi connectivity index (χ2n) is 4.83. The Labute approximate surface area is 132 Å². The third-order valence-electron chi connectivity index (χ3n) is 3.26. The molecule has 1 aliphatic rings. The first-order valence-corrected chi connectivity index (χ1v) is 7.46. The molecule has 2 aromatic rings. The first-order chi connectivity index (χ1) is 10.8. The summed E-state index contributed by atoms with van der Waals surface area (Å²) in [6, 6.07) is 2.93. The van der Waals surface area contributed by atoms with Gasteiger partial charge in [-0.3, -0.25) is 9.69 Å². The van der Waals surface area contributed by atoms with E-state index in [-0.39, 0.29) is 31.1 Å². The van der Waals surface area contributed by atoms with Gasteiger partial charge in [-0.25, -0.2) is 9.78 Å². The van der Waals surface area contributed by atoms with Crippen LogP contribution in [0.25, 0.3) is 10.2 Å². The number of benzene rings is 1. The lowest BCUT2D eigenvalue weighted by Crippen LogP contribution is -2.35. The Hall–Kier alpha value is -2.36. The quantitative estimate of drug-likeness (QED) is 0.835. The van der Waals surface area contributed by atoms with Crippen LogP contribution in [0.4, 0.5) is 23.1 Å². The number of nitrogens with one attached hydrogen (secondary N) is 2. The van der Waals surface area contributed by atoms with Crippen LogP contribution in [-0.4, -0.2) is 41.5 Å². The zero-order valence-electron chi connectivity index (χ0n) is 11.6. The lowest BCUT2D eigenvalue weighted by atomic mass is 10.2. The van der Waals surface area contributed by atoms with Crippen molar-refractivity contribution in [2.45, 2.75) is 6.18 Å². The molecule has 0 aliphatic carbocycles. The molecule has 0 radical (unpaired) electrons. The van der Waals surface area contributed by atoms with Gasteiger partial charge in [0.05, 0.1) is 22.3 Å². The molecular weight excluding hydrogens is 333 g/mol. The van der Waals surface area contributed by atoms with Crippen molar-refractivity contribution in [1.82, 2.24) is 15.2 Å². The maximum atomic E-state index is 12.7. The molecule has 0 bridgehead atoms. The number of thiazole rings is 1. The van der Waals surface area contributed by atoms with Gasteiger partial charge < -0.3 is 10.6 Å². The number of carbonyl (C=O) groups excluding carboxylic acids is 2. The highest BCUT2D eigenvalue weighted by Gasteiger charge is 2.31. The molecule has 2 N–H and O–H groups in total. The van der Waals surface area contributed by atoms with E-state index in [0.29, 0.717) is 9.83 Å². The van der Waals surface area contributed by atoms with Crippen LogP contribution in [0, 0.1) is 0 Å². The van der Waals surface area contributed by atoms with Crippen LogP contribution in [0.5, 0.6) is 0 Å². The molecule has 6 nitrogen and oxygen atoms in total. The highest BCUT2D eigenvalue weighted by molar-refractivity contribution is 7.22. The maximum absolute atomic E-state index is 12.7. The fourth-order valence-corrected chi connectivity index (χ4v) is 3.01. The Bertz CT molecular complexity index is 758. The van der Waals surface area contributed by atoms with Crippen molar-refractivity contribution in [2.75, 3.05) is 25.0 Å². The van der Waals surface area contributed by atoms with Gasteiger partial charge in [-0.05, 0) is 18.2 Å². The number of alkyl halides is 3. The number of hydrogen-bond acceptors (Lipinski definition) is 5. The van der Waals surface area contributed by atoms with Crippen molar-refractivity contribution in [3.63, 3.8) is 0 Å². The Kier molecular flexibility index (Phi) is 3.84. The topological polar surface area (TPSA) is 74.3 Å². The number of anilines is 1. The molecule has 1 aliphatic heterocycles. The molecule has 0 unspecified atom stereocenters. The van der Waals surface area contributed by atoms with Gasteiger partial charge in [-0.15, -0.1) is 0 Å². The van der Waals surface area contributed by atoms with E-state index in [0.717, 1.165) is 17.0 Å². The van der Waals surface area contributed by atoms with E-state index in [4.69, 9.17) is 0 Å². The number of carbonyl (C=O) groups is 2. The molecule has 23 heavy (non-hydrogen) atoms. The van der Waals surface area contributed by atoms with E-state index in [1.807, 2.05) is 0 Å². The second kappa shape index (κ2) is 5.69. The SMILES string of the molecule is O=C1CNC(=O)N1CCNc1nc2cc(C(F)(F)F)ccc2s1. The summed E-state index contributed by atoms with van der Waals surface area (Å²) >= 11 is 1.21. The van der Waals surface area contributed by atoms with Crippen LogP contribution in [0.15, 0.2) is 18.2 Å². The van der Waals surface area contributed by atoms with Gasteiger partial charge in [0.25, 0.3) is 0 Å². The van der Waals surface area contributed by atoms with Gasteiger partial charge in [0, 0.05) is 13.1 Å². The van der Waals surface area contributed by atoms with E-state index < -0.39 is 17.8 Å². The minimum atomic E-state index is -4.41. The third-order valence-corrected chi connectivity index (χ3v) is 4.26. The van der Waals surface area contributed by atoms with Crippen LogP contribution < -0.4 is 10.6 Å². The van der Waals surface area contributed by atoms with Crippen molar-refractivity contribution in [1.29, 1.82) is 0 Å². The molecule has 0 saturated carbocycles. The number of aromatic nitrogens is 1. The summed E-state index contributed by atoms with van der Waals surface area (Å²) in [5.74, 6) is -0.309. The van der Waals surface area contributed by atoms with Crippen LogP contribution in [0.3, 0.4) is 0 Å². The molecule has 3 amide bonds. The van der Waals surface area contributed by atoms with Gasteiger partial charge >= 0.3 is 12.2 Å². The molecule has 0 spiro atoms. The zero-order chi connectivity index (χ0) is 16.6. The number of hydrogen-bond donors (Lipinski definition) is 2. The van der Waals surface area contributed by atoms with Gasteiger partial charge in [0.1, 0.15) is 0 Å². The van der Waals surface area contributed by atoms with Crippen molar-refractivity contribution in [3.8, 4) is 0 Å². The van der Waals surface area contributed by atoms with E-state index in [1.165, 1.54) is 17.4 Å². The van der Waals surface area contributed by atoms with Crippen molar-refractivity contribution < 1.29 is 22.8 Å². The normalized spacial score (nSPS) is 15.3. The number of amides is 3. The molecule has 1 aromatic carbocycles. The van der Waals surface area contributed by atoms with Gasteiger partial charge in [-0.2, -0.15) is 13.2 Å². The summed E-state index contributed by atoms with van der Waals surface area (Å²) in [5, 5.41) is 5.75. The zero-order valence-corrected chi connectivity index (χ0v) is 12.4. The van der Waals surface area contributed by atoms with Crippen LogP contribution in [0.2, 0.25) is 0 Å². The first-order valence-electron chi connectivity index (χ1n) is 6.64. The van der Waals surface area contributed by atoms with E-state index in [2.05, 4.69) is 15.6 Å². The molecule has 1 fully saturated rings. The third kappa shape index (κ3) is 3.21. The maximum Gasteiger partial charge on any atom is 0.416 e. The van der Waals surface area contributed by atoms with Gasteiger partial charge in [0.2, 0.25) is 5.91 Å². The summed E-state index contributed by atoms with van der Waals surface area (Å²) in [4.78, 5) is 27.9. The average Bonchev–Trinajstić information content (AvgIpc) is 3.02. The fourth-order valence-electron chi connectivity index (χ4n) is 2.14. The first kappa shape index (κ1) is 15.5. The van der Waals surface area contributed by atoms with Crippen LogP contribution >= 0.6 is 11.3 Å². The highest BCUT2D eigenvalue weighted by atomic mass is 32.1. The standard InChI is InChI=1S/C13H11F3N4O2S/c14-13(15,16)7-1-2-9-8(5-7)19-11(23-9)17-3-4-20-10(21)6-18-12(20)22/h1-2,5H,3-4,6H2,(H,17,19)(H,18,22). The summed E-state index contributed by atoms with van der Waals surface area (Å²) in [6.45, 7) is 0.416. The molecule has 1 aromatic heterocycles. The summed E-state index contributed by atoms with van der Waals surface area (Å²) in [6.07, 6.45) is -4.41. The highest BCUT2D eigenvalue weighted by Crippen LogP contribution is 2.33. The Morgan fingerprint density at radius 2 is 2.13 bits per heavy atom. The molecule has 3 rings (SSSR count). The molecule has 122 valence electrons. The smallest absolute Gasteiger partial charge is 0.360 e. The summed E-state index contributed by atoms with van der Waals surface area (Å²) < 4.78 is 38.6. The number of fused-ring (bicyclic) bond motifs is 1. The molecule has 0 atom stereocenters. The number of urea groups is 1. The van der Waals surface area contributed by atoms with E-state index in [1.54, 1.807) is 0 Å². The minimum Gasteiger partial charge on any atom is -0.360 e. The molecule has 2 heterocycles. The van der Waals surface area contributed by atoms with Gasteiger partial charge in [0.15, 0.2) is 5.13 Å². The molecule has 10 heteroatoms. The predicted octanol–water partition coefficient (Wildman–Crippen LogP) is 2.28. The number of rotatable bonds is 4. The summed E-state index contributed by atoms with van der Waals surface area (Å²) in [7, 11) is 0. The largest absolute Gasteiger partial charge is 0.416 e. The van der Waals surface area contributed by atoms with Crippen molar-refractivity contribution in [3.05, 3.63) is 23.8 Å². The van der Waals surface area contributed by atoms with Crippen molar-refractivity contribution >= 4 is 38.6 Å². The summed E-state index contributed by atoms with van der Waals surface area (Å²) in [5.41, 5.74) is -0.497. The lowest BCUT2D eigenvalue weighted by molar-refractivity contribution is -0.137. The Morgan fingerprint density at radius 3 is 2.78 bits per heavy atom. The lowest BCUT2D eigenvalue weighted by Gasteiger charge is -2.11. The Balaban J connectivity index is 1.67. The molecule has 1 saturated heterocycles. The van der Waals surface area contributed by atoms with Crippen molar-refractivity contribution in [2.24, 2.45) is 0 Å². The molecular formula is C13H11F3N4O2S.